The molecule has 3 aromatic rings. The third kappa shape index (κ3) is 2.65. The van der Waals surface area contributed by atoms with Crippen LogP contribution in [0, 0.1) is 5.41 Å². The fourth-order valence-electron chi connectivity index (χ4n) is 5.42. The van der Waals surface area contributed by atoms with Crippen molar-refractivity contribution in [1.82, 2.24) is 9.97 Å². The van der Waals surface area contributed by atoms with Crippen LogP contribution in [0.15, 0.2) is 30.3 Å². The number of amides is 1. The first-order valence-electron chi connectivity index (χ1n) is 9.95. The summed E-state index contributed by atoms with van der Waals surface area (Å²) < 4.78 is 0. The second-order valence-electron chi connectivity index (χ2n) is 9.12. The van der Waals surface area contributed by atoms with Gasteiger partial charge in [0, 0.05) is 10.4 Å². The maximum Gasteiger partial charge on any atom is 0.237 e. The molecule has 1 heterocycles. The molecule has 2 aliphatic carbocycles. The molecule has 1 N–H and O–H groups in total. The second kappa shape index (κ2) is 6.71. The van der Waals surface area contributed by atoms with E-state index in [1.54, 1.807) is 30.3 Å². The smallest absolute Gasteiger partial charge is 0.237 e. The van der Waals surface area contributed by atoms with Crippen LogP contribution in [0.5, 0.6) is 0 Å². The Labute approximate surface area is 200 Å². The van der Waals surface area contributed by atoms with Crippen LogP contribution in [0.25, 0.3) is 11.0 Å². The lowest BCUT2D eigenvalue weighted by molar-refractivity contribution is -0.125. The van der Waals surface area contributed by atoms with Gasteiger partial charge in [-0.1, -0.05) is 67.2 Å². The van der Waals surface area contributed by atoms with Crippen molar-refractivity contribution >= 4 is 69.0 Å². The summed E-state index contributed by atoms with van der Waals surface area (Å²) in [6.45, 7) is 6.40. The van der Waals surface area contributed by atoms with Crippen LogP contribution in [0.3, 0.4) is 0 Å². The summed E-state index contributed by atoms with van der Waals surface area (Å²) in [7, 11) is 0. The van der Waals surface area contributed by atoms with Crippen LogP contribution in [-0.2, 0) is 15.6 Å². The van der Waals surface area contributed by atoms with E-state index < -0.39 is 10.8 Å². The van der Waals surface area contributed by atoms with Crippen LogP contribution in [0.4, 0.5) is 5.69 Å². The lowest BCUT2D eigenvalue weighted by Gasteiger charge is -2.39. The Balaban J connectivity index is 1.72. The quantitative estimate of drug-likeness (QED) is 0.409. The summed E-state index contributed by atoms with van der Waals surface area (Å²) >= 11 is 24.9. The fourth-order valence-corrected chi connectivity index (χ4v) is 6.08. The monoisotopic (exact) mass is 493 g/mol. The molecule has 0 saturated heterocycles. The van der Waals surface area contributed by atoms with Gasteiger partial charge >= 0.3 is 0 Å². The van der Waals surface area contributed by atoms with Gasteiger partial charge < -0.3 is 5.32 Å². The van der Waals surface area contributed by atoms with E-state index in [4.69, 9.17) is 56.4 Å². The standard InChI is InChI=1S/C23H19Cl4N3O/c1-21(2)22(3)6-7-23(21,20(31)30-15-8-11(24)4-5-12(15)25)19-18(22)28-16-9-13(26)14(27)10-17(16)29-19/h4-5,8-10H,6-7H2,1-3H3,(H,30,31). The minimum absolute atomic E-state index is 0.155. The zero-order valence-electron chi connectivity index (χ0n) is 17.1. The molecule has 2 atom stereocenters. The zero-order chi connectivity index (χ0) is 22.3. The molecule has 2 unspecified atom stereocenters. The minimum Gasteiger partial charge on any atom is -0.324 e. The minimum atomic E-state index is -0.865. The molecule has 1 amide bonds. The van der Waals surface area contributed by atoms with Crippen LogP contribution in [0.1, 0.15) is 45.0 Å². The van der Waals surface area contributed by atoms with Gasteiger partial charge in [0.25, 0.3) is 0 Å². The number of hydrogen-bond donors (Lipinski definition) is 1. The van der Waals surface area contributed by atoms with Crippen molar-refractivity contribution in [2.45, 2.75) is 44.4 Å². The number of anilines is 1. The fraction of sp³-hybridized carbons (Fsp3) is 0.348. The molecule has 2 aliphatic rings. The van der Waals surface area contributed by atoms with Gasteiger partial charge in [-0.05, 0) is 48.6 Å². The largest absolute Gasteiger partial charge is 0.324 e. The highest BCUT2D eigenvalue weighted by Crippen LogP contribution is 2.70. The van der Waals surface area contributed by atoms with Gasteiger partial charge in [-0.3, -0.25) is 4.79 Å². The lowest BCUT2D eigenvalue weighted by Crippen LogP contribution is -2.48. The molecule has 0 aliphatic heterocycles. The Bertz CT molecular complexity index is 1290. The zero-order valence-corrected chi connectivity index (χ0v) is 20.1. The second-order valence-corrected chi connectivity index (χ2v) is 10.8. The van der Waals surface area contributed by atoms with Crippen molar-refractivity contribution in [1.29, 1.82) is 0 Å². The molecule has 1 saturated carbocycles. The van der Waals surface area contributed by atoms with Gasteiger partial charge in [0.1, 0.15) is 0 Å². The number of carbonyl (C=O) groups excluding carboxylic acids is 1. The van der Waals surface area contributed by atoms with Crippen molar-refractivity contribution in [2.24, 2.45) is 5.41 Å². The van der Waals surface area contributed by atoms with Crippen LogP contribution < -0.4 is 5.32 Å². The molecular formula is C23H19Cl4N3O. The van der Waals surface area contributed by atoms with Gasteiger partial charge in [-0.2, -0.15) is 0 Å². The first kappa shape index (κ1) is 21.3. The average Bonchev–Trinajstić information content (AvgIpc) is 3.00. The first-order chi connectivity index (χ1) is 14.5. The van der Waals surface area contributed by atoms with E-state index in [0.717, 1.165) is 12.1 Å². The summed E-state index contributed by atoms with van der Waals surface area (Å²) in [6, 6.07) is 8.44. The molecule has 2 aromatic carbocycles. The third-order valence-electron chi connectivity index (χ3n) is 7.64. The topological polar surface area (TPSA) is 54.9 Å². The van der Waals surface area contributed by atoms with Crippen molar-refractivity contribution < 1.29 is 4.79 Å². The number of rotatable bonds is 2. The van der Waals surface area contributed by atoms with Crippen molar-refractivity contribution in [3.8, 4) is 0 Å². The van der Waals surface area contributed by atoms with E-state index in [9.17, 15) is 4.79 Å². The summed E-state index contributed by atoms with van der Waals surface area (Å²) in [5.74, 6) is -0.155. The summed E-state index contributed by atoms with van der Waals surface area (Å²) in [5.41, 5.74) is 1.72. The van der Waals surface area contributed by atoms with Crippen molar-refractivity contribution in [3.63, 3.8) is 0 Å². The maximum absolute atomic E-state index is 13.9. The van der Waals surface area contributed by atoms with Crippen LogP contribution in [0.2, 0.25) is 20.1 Å². The number of carbonyl (C=O) groups is 1. The molecule has 1 aromatic heterocycles. The van der Waals surface area contributed by atoms with Crippen molar-refractivity contribution in [3.05, 3.63) is 61.8 Å². The van der Waals surface area contributed by atoms with Crippen LogP contribution in [-0.4, -0.2) is 15.9 Å². The van der Waals surface area contributed by atoms with Crippen LogP contribution >= 0.6 is 46.4 Å². The molecule has 31 heavy (non-hydrogen) atoms. The van der Waals surface area contributed by atoms with Gasteiger partial charge in [0.05, 0.1) is 48.6 Å². The Morgan fingerprint density at radius 3 is 2.13 bits per heavy atom. The molecule has 4 nitrogen and oxygen atoms in total. The molecule has 160 valence electrons. The molecule has 0 radical (unpaired) electrons. The SMILES string of the molecule is CC12CCC(C(=O)Nc3cc(Cl)ccc3Cl)(c3nc4cc(Cl)c(Cl)cc4nc31)C2(C)C. The van der Waals surface area contributed by atoms with Crippen molar-refractivity contribution in [2.75, 3.05) is 5.32 Å². The van der Waals surface area contributed by atoms with E-state index in [1.807, 2.05) is 0 Å². The van der Waals surface area contributed by atoms with E-state index in [2.05, 4.69) is 26.1 Å². The average molecular weight is 495 g/mol. The lowest BCUT2D eigenvalue weighted by atomic mass is 9.63. The third-order valence-corrected chi connectivity index (χ3v) is 8.93. The number of halogens is 4. The Kier molecular flexibility index (Phi) is 4.60. The number of nitrogens with zero attached hydrogens (tertiary/aromatic N) is 2. The van der Waals surface area contributed by atoms with Gasteiger partial charge in [0.2, 0.25) is 5.91 Å². The first-order valence-corrected chi connectivity index (χ1v) is 11.5. The van der Waals surface area contributed by atoms with E-state index in [-0.39, 0.29) is 11.3 Å². The Morgan fingerprint density at radius 2 is 1.48 bits per heavy atom. The molecule has 2 bridgehead atoms. The highest BCUT2D eigenvalue weighted by Gasteiger charge is 2.73. The predicted octanol–water partition coefficient (Wildman–Crippen LogP) is 7.21. The molecular weight excluding hydrogens is 476 g/mol. The van der Waals surface area contributed by atoms with Gasteiger partial charge in [0.15, 0.2) is 0 Å². The highest BCUT2D eigenvalue weighted by atomic mass is 35.5. The summed E-state index contributed by atoms with van der Waals surface area (Å²) in [6.07, 6.45) is 1.49. The number of nitrogens with one attached hydrogen (secondary N) is 1. The molecule has 8 heteroatoms. The number of aromatic nitrogens is 2. The summed E-state index contributed by atoms with van der Waals surface area (Å²) in [5, 5.41) is 4.78. The number of benzene rings is 2. The predicted molar refractivity (Wildman–Crippen MR) is 127 cm³/mol. The van der Waals surface area contributed by atoms with Gasteiger partial charge in [-0.25, -0.2) is 9.97 Å². The van der Waals surface area contributed by atoms with E-state index >= 15 is 0 Å². The summed E-state index contributed by atoms with van der Waals surface area (Å²) in [4.78, 5) is 23.8. The Morgan fingerprint density at radius 1 is 0.871 bits per heavy atom. The highest BCUT2D eigenvalue weighted by molar-refractivity contribution is 6.42. The Hall–Kier alpha value is -1.59. The molecule has 5 rings (SSSR count). The van der Waals surface area contributed by atoms with Gasteiger partial charge in [-0.15, -0.1) is 0 Å². The molecule has 1 fully saturated rings. The normalized spacial score (nSPS) is 25.6. The number of hydrogen-bond acceptors (Lipinski definition) is 3. The van der Waals surface area contributed by atoms with E-state index in [1.165, 1.54) is 0 Å². The molecule has 0 spiro atoms. The maximum atomic E-state index is 13.9. The van der Waals surface area contributed by atoms with E-state index in [0.29, 0.717) is 48.9 Å². The number of fused-ring (bicyclic) bond motifs is 6.